The number of likely N-dealkylation sites (tertiary alicyclic amines) is 1. The molecular weight excluding hydrogens is 498 g/mol. The first kappa shape index (κ1) is 22.0. The second-order valence-electron chi connectivity index (χ2n) is 7.13. The normalized spacial score (nSPS) is 15.3. The molecule has 1 saturated heterocycles. The first-order valence-electron chi connectivity index (χ1n) is 9.24. The Labute approximate surface area is 180 Å². The van der Waals surface area contributed by atoms with Gasteiger partial charge in [-0.2, -0.15) is 0 Å². The topological polar surface area (TPSA) is 49.8 Å². The van der Waals surface area contributed by atoms with Crippen LogP contribution in [0.2, 0.25) is 0 Å². The molecule has 1 heterocycles. The van der Waals surface area contributed by atoms with E-state index >= 15 is 0 Å². The maximum Gasteiger partial charge on any atom is 0.254 e. The van der Waals surface area contributed by atoms with E-state index in [0.717, 1.165) is 6.07 Å². The number of amides is 1. The van der Waals surface area contributed by atoms with Gasteiger partial charge < -0.3 is 14.7 Å². The van der Waals surface area contributed by atoms with Crippen LogP contribution in [0.25, 0.3) is 0 Å². The first-order chi connectivity index (χ1) is 13.7. The van der Waals surface area contributed by atoms with Gasteiger partial charge in [-0.15, -0.1) is 0 Å². The molecule has 0 radical (unpaired) electrons. The summed E-state index contributed by atoms with van der Waals surface area (Å²) < 4.78 is 48.5. The van der Waals surface area contributed by atoms with E-state index < -0.39 is 29.0 Å². The summed E-state index contributed by atoms with van der Waals surface area (Å²) in [7, 11) is 0. The van der Waals surface area contributed by atoms with Crippen molar-refractivity contribution in [3.63, 3.8) is 0 Å². The van der Waals surface area contributed by atoms with Crippen LogP contribution < -0.4 is 0 Å². The van der Waals surface area contributed by atoms with Crippen molar-refractivity contribution in [2.45, 2.75) is 25.4 Å². The van der Waals surface area contributed by atoms with Crippen LogP contribution in [0.15, 0.2) is 30.3 Å². The van der Waals surface area contributed by atoms with E-state index in [1.807, 2.05) is 29.5 Å². The lowest BCUT2D eigenvalue weighted by Crippen LogP contribution is -2.63. The van der Waals surface area contributed by atoms with Crippen LogP contribution in [0.3, 0.4) is 0 Å². The molecule has 0 spiro atoms. The van der Waals surface area contributed by atoms with Gasteiger partial charge >= 0.3 is 0 Å². The second kappa shape index (κ2) is 9.01. The molecule has 0 saturated carbocycles. The number of benzene rings is 2. The summed E-state index contributed by atoms with van der Waals surface area (Å²) in [6.45, 7) is 2.91. The quantitative estimate of drug-likeness (QED) is 0.446. The van der Waals surface area contributed by atoms with E-state index in [2.05, 4.69) is 0 Å². The Morgan fingerprint density at radius 2 is 1.93 bits per heavy atom. The maximum absolute atomic E-state index is 14.5. The van der Waals surface area contributed by atoms with Crippen molar-refractivity contribution in [3.8, 4) is 0 Å². The van der Waals surface area contributed by atoms with Crippen molar-refractivity contribution in [2.24, 2.45) is 0 Å². The molecule has 2 aromatic carbocycles. The average molecular weight is 519 g/mol. The van der Waals surface area contributed by atoms with Crippen LogP contribution in [0.4, 0.5) is 13.2 Å². The molecule has 2 aromatic rings. The summed E-state index contributed by atoms with van der Waals surface area (Å²) in [5.74, 6) is -3.33. The molecule has 1 amide bonds. The van der Waals surface area contributed by atoms with E-state index in [-0.39, 0.29) is 36.2 Å². The third-order valence-electron chi connectivity index (χ3n) is 4.98. The summed E-state index contributed by atoms with van der Waals surface area (Å²) in [5.41, 5.74) is -1.11. The minimum Gasteiger partial charge on any atom is -0.386 e. The molecule has 4 nitrogen and oxygen atoms in total. The maximum atomic E-state index is 14.5. The van der Waals surface area contributed by atoms with Crippen molar-refractivity contribution in [1.29, 1.82) is 0 Å². The Kier molecular flexibility index (Phi) is 6.85. The Bertz CT molecular complexity index is 916. The number of hydrogen-bond donors (Lipinski definition) is 1. The van der Waals surface area contributed by atoms with Crippen LogP contribution in [0.5, 0.6) is 0 Å². The highest BCUT2D eigenvalue weighted by Gasteiger charge is 2.44. The lowest BCUT2D eigenvalue weighted by Gasteiger charge is -2.46. The number of carbonyl (C=O) groups is 1. The van der Waals surface area contributed by atoms with Gasteiger partial charge in [-0.25, -0.2) is 13.2 Å². The monoisotopic (exact) mass is 519 g/mol. The average Bonchev–Trinajstić information content (AvgIpc) is 2.65. The molecule has 156 valence electrons. The van der Waals surface area contributed by atoms with Gasteiger partial charge in [-0.1, -0.05) is 6.07 Å². The van der Waals surface area contributed by atoms with Gasteiger partial charge in [0.25, 0.3) is 5.91 Å². The number of aliphatic hydroxyl groups is 1. The van der Waals surface area contributed by atoms with Crippen molar-refractivity contribution >= 4 is 28.5 Å². The summed E-state index contributed by atoms with van der Waals surface area (Å²) in [6, 6.07) is 6.54. The van der Waals surface area contributed by atoms with Gasteiger partial charge in [0, 0.05) is 40.8 Å². The molecule has 8 heteroatoms. The third-order valence-corrected chi connectivity index (χ3v) is 5.65. The van der Waals surface area contributed by atoms with Crippen molar-refractivity contribution in [3.05, 3.63) is 68.0 Å². The van der Waals surface area contributed by atoms with Crippen LogP contribution in [-0.4, -0.2) is 47.8 Å². The molecule has 0 aliphatic carbocycles. The molecule has 0 unspecified atom stereocenters. The van der Waals surface area contributed by atoms with E-state index in [1.165, 1.54) is 23.1 Å². The fourth-order valence-electron chi connectivity index (χ4n) is 3.36. The highest BCUT2D eigenvalue weighted by atomic mass is 127. The zero-order valence-electron chi connectivity index (χ0n) is 15.9. The Balaban J connectivity index is 1.81. The fraction of sp³-hybridized carbons (Fsp3) is 0.381. The predicted molar refractivity (Wildman–Crippen MR) is 110 cm³/mol. The molecule has 29 heavy (non-hydrogen) atoms. The largest absolute Gasteiger partial charge is 0.386 e. The number of ether oxygens (including phenoxy) is 1. The fourth-order valence-corrected chi connectivity index (χ4v) is 3.82. The molecule has 1 N–H and O–H groups in total. The van der Waals surface area contributed by atoms with E-state index in [4.69, 9.17) is 4.74 Å². The lowest BCUT2D eigenvalue weighted by molar-refractivity contribution is -0.0966. The molecule has 1 aliphatic heterocycles. The predicted octanol–water partition coefficient (Wildman–Crippen LogP) is 3.91. The van der Waals surface area contributed by atoms with E-state index in [0.29, 0.717) is 23.2 Å². The van der Waals surface area contributed by atoms with E-state index in [1.54, 1.807) is 6.07 Å². The van der Waals surface area contributed by atoms with Crippen molar-refractivity contribution in [2.75, 3.05) is 26.3 Å². The smallest absolute Gasteiger partial charge is 0.254 e. The van der Waals surface area contributed by atoms with Crippen molar-refractivity contribution < 1.29 is 27.8 Å². The highest BCUT2D eigenvalue weighted by Crippen LogP contribution is 2.29. The molecule has 0 atom stereocenters. The molecule has 3 rings (SSSR count). The SMILES string of the molecule is CCOCCC1(O)CN(C(=O)c2ccc(F)c(F)c2Cc2ccc(I)cc2F)C1. The van der Waals surface area contributed by atoms with E-state index in [9.17, 15) is 23.1 Å². The zero-order chi connectivity index (χ0) is 21.2. The molecule has 1 fully saturated rings. The van der Waals surface area contributed by atoms with Crippen LogP contribution in [-0.2, 0) is 11.2 Å². The number of hydrogen-bond acceptors (Lipinski definition) is 3. The highest BCUT2D eigenvalue weighted by molar-refractivity contribution is 14.1. The molecule has 0 bridgehead atoms. The minimum absolute atomic E-state index is 0.0336. The lowest BCUT2D eigenvalue weighted by atomic mass is 9.89. The number of β-amino-alcohol motifs (C(OH)–C–C–N with tert-alkyl or cyclic N) is 1. The number of rotatable bonds is 7. The summed E-state index contributed by atoms with van der Waals surface area (Å²) in [5, 5.41) is 10.4. The second-order valence-corrected chi connectivity index (χ2v) is 8.38. The summed E-state index contributed by atoms with van der Waals surface area (Å²) in [4.78, 5) is 14.2. The summed E-state index contributed by atoms with van der Waals surface area (Å²) in [6.07, 6.45) is 0.124. The van der Waals surface area contributed by atoms with Gasteiger partial charge in [0.05, 0.1) is 13.1 Å². The first-order valence-corrected chi connectivity index (χ1v) is 10.3. The minimum atomic E-state index is -1.17. The van der Waals surface area contributed by atoms with Gasteiger partial charge in [-0.05, 0) is 59.3 Å². The van der Waals surface area contributed by atoms with Gasteiger partial charge in [0.15, 0.2) is 11.6 Å². The number of halogens is 4. The van der Waals surface area contributed by atoms with Gasteiger partial charge in [-0.3, -0.25) is 4.79 Å². The van der Waals surface area contributed by atoms with Gasteiger partial charge in [0.1, 0.15) is 11.4 Å². The Morgan fingerprint density at radius 3 is 2.59 bits per heavy atom. The van der Waals surface area contributed by atoms with Crippen LogP contribution >= 0.6 is 22.6 Å². The third kappa shape index (κ3) is 4.92. The molecule has 1 aliphatic rings. The molecular formula is C21H21F3INO3. The van der Waals surface area contributed by atoms with Crippen molar-refractivity contribution in [1.82, 2.24) is 4.90 Å². The zero-order valence-corrected chi connectivity index (χ0v) is 18.0. The van der Waals surface area contributed by atoms with Crippen LogP contribution in [0, 0.1) is 21.0 Å². The number of carbonyl (C=O) groups excluding carboxylic acids is 1. The van der Waals surface area contributed by atoms with Crippen LogP contribution in [0.1, 0.15) is 34.8 Å². The number of nitrogens with zero attached hydrogens (tertiary/aromatic N) is 1. The molecule has 0 aromatic heterocycles. The Morgan fingerprint density at radius 1 is 1.21 bits per heavy atom. The van der Waals surface area contributed by atoms with Gasteiger partial charge in [0.2, 0.25) is 0 Å². The standard InChI is InChI=1S/C21H21F3INO3/c1-2-29-8-7-21(28)11-26(12-21)20(27)15-5-6-17(22)19(24)16(15)9-13-3-4-14(25)10-18(13)23/h3-6,10,28H,2,7-9,11-12H2,1H3. The Hall–Kier alpha value is -1.65. The summed E-state index contributed by atoms with van der Waals surface area (Å²) >= 11 is 1.95.